The number of nitrogens with one attached hydrogen (secondary N) is 1. The third-order valence-corrected chi connectivity index (χ3v) is 3.76. The highest BCUT2D eigenvalue weighted by Gasteiger charge is 2.24. The summed E-state index contributed by atoms with van der Waals surface area (Å²) in [4.78, 5) is 10.0. The normalized spacial score (nSPS) is 12.6. The molecular weight excluding hydrogens is 296 g/mol. The van der Waals surface area contributed by atoms with Crippen molar-refractivity contribution in [3.05, 3.63) is 70.3 Å². The molecule has 2 aromatic rings. The van der Waals surface area contributed by atoms with Gasteiger partial charge in [-0.05, 0) is 17.7 Å². The quantitative estimate of drug-likeness (QED) is 0.499. The average Bonchev–Trinajstić information content (AvgIpc) is 2.45. The second-order valence-electron chi connectivity index (χ2n) is 4.25. The summed E-state index contributed by atoms with van der Waals surface area (Å²) in [5.74, 6) is 0. The Morgan fingerprint density at radius 1 is 1.05 bits per heavy atom. The summed E-state index contributed by atoms with van der Waals surface area (Å²) in [6.45, 7) is 0. The molecule has 0 radical (unpaired) electrons. The van der Waals surface area contributed by atoms with E-state index in [9.17, 15) is 23.1 Å². The molecule has 0 aliphatic heterocycles. The van der Waals surface area contributed by atoms with Crippen LogP contribution in [-0.4, -0.2) is 17.9 Å². The van der Waals surface area contributed by atoms with Crippen molar-refractivity contribution < 1.29 is 17.9 Å². The van der Waals surface area contributed by atoms with E-state index in [1.54, 1.807) is 30.3 Å². The molecule has 21 heavy (non-hydrogen) atoms. The molecule has 0 aromatic heterocycles. The maximum atomic E-state index is 11.5. The third kappa shape index (κ3) is 3.77. The summed E-state index contributed by atoms with van der Waals surface area (Å²) in [6.07, 6.45) is 0. The van der Waals surface area contributed by atoms with Crippen LogP contribution in [0.1, 0.15) is 10.9 Å². The maximum absolute atomic E-state index is 11.5. The van der Waals surface area contributed by atoms with Gasteiger partial charge < -0.3 is 5.32 Å². The Hall–Kier alpha value is -2.45. The zero-order valence-corrected chi connectivity index (χ0v) is 11.5. The molecule has 0 saturated heterocycles. The Bertz CT molecular complexity index is 729. The predicted molar refractivity (Wildman–Crippen MR) is 77.5 cm³/mol. The summed E-state index contributed by atoms with van der Waals surface area (Å²) in [5, 5.41) is 11.9. The number of anilines is 1. The maximum Gasteiger partial charge on any atom is 0.290 e. The highest BCUT2D eigenvalue weighted by molar-refractivity contribution is 7.86. The number of nitro benzene ring substituents is 1. The Morgan fingerprint density at radius 3 is 2.10 bits per heavy atom. The molecule has 2 aromatic carbocycles. The van der Waals surface area contributed by atoms with Crippen LogP contribution in [-0.2, 0) is 10.1 Å². The van der Waals surface area contributed by atoms with Crippen molar-refractivity contribution in [2.45, 2.75) is 5.37 Å². The summed E-state index contributed by atoms with van der Waals surface area (Å²) in [6, 6.07) is 13.3. The average molecular weight is 308 g/mol. The van der Waals surface area contributed by atoms with Crippen molar-refractivity contribution in [2.24, 2.45) is 0 Å². The van der Waals surface area contributed by atoms with Gasteiger partial charge in [0, 0.05) is 17.8 Å². The number of nitrogens with zero attached hydrogens (tertiary/aromatic N) is 1. The lowest BCUT2D eigenvalue weighted by atomic mass is 10.2. The largest absolute Gasteiger partial charge is 0.363 e. The lowest BCUT2D eigenvalue weighted by Crippen LogP contribution is -2.20. The molecule has 0 saturated carbocycles. The molecule has 0 aliphatic rings. The van der Waals surface area contributed by atoms with E-state index in [0.717, 1.165) is 0 Å². The van der Waals surface area contributed by atoms with E-state index in [1.165, 1.54) is 24.3 Å². The van der Waals surface area contributed by atoms with Gasteiger partial charge in [-0.15, -0.1) is 0 Å². The predicted octanol–water partition coefficient (Wildman–Crippen LogP) is 2.59. The van der Waals surface area contributed by atoms with Crippen molar-refractivity contribution >= 4 is 21.5 Å². The molecule has 1 atom stereocenters. The van der Waals surface area contributed by atoms with Crippen LogP contribution in [0.25, 0.3) is 0 Å². The lowest BCUT2D eigenvalue weighted by molar-refractivity contribution is -0.384. The number of rotatable bonds is 5. The Kier molecular flexibility index (Phi) is 4.20. The van der Waals surface area contributed by atoms with Gasteiger partial charge in [-0.1, -0.05) is 30.3 Å². The van der Waals surface area contributed by atoms with Gasteiger partial charge in [0.25, 0.3) is 15.8 Å². The SMILES string of the molecule is O=[N+]([O-])c1ccc(NC(c2ccccc2)S(=O)(=O)O)cc1. The molecule has 0 bridgehead atoms. The minimum absolute atomic E-state index is 0.108. The van der Waals surface area contributed by atoms with Gasteiger partial charge >= 0.3 is 0 Å². The van der Waals surface area contributed by atoms with Gasteiger partial charge in [0.1, 0.15) is 0 Å². The van der Waals surface area contributed by atoms with Gasteiger partial charge in [0.15, 0.2) is 5.37 Å². The number of hydrogen-bond donors (Lipinski definition) is 2. The van der Waals surface area contributed by atoms with E-state index in [-0.39, 0.29) is 5.69 Å². The van der Waals surface area contributed by atoms with Crippen molar-refractivity contribution in [3.63, 3.8) is 0 Å². The van der Waals surface area contributed by atoms with E-state index in [0.29, 0.717) is 11.3 Å². The molecule has 2 N–H and O–H groups in total. The van der Waals surface area contributed by atoms with Crippen molar-refractivity contribution in [2.75, 3.05) is 5.32 Å². The summed E-state index contributed by atoms with van der Waals surface area (Å²) >= 11 is 0. The second kappa shape index (κ2) is 5.90. The van der Waals surface area contributed by atoms with Gasteiger partial charge in [-0.3, -0.25) is 14.7 Å². The highest BCUT2D eigenvalue weighted by atomic mass is 32.2. The number of hydrogen-bond acceptors (Lipinski definition) is 5. The van der Waals surface area contributed by atoms with Gasteiger partial charge in [-0.25, -0.2) is 0 Å². The van der Waals surface area contributed by atoms with Gasteiger partial charge in [0.05, 0.1) is 4.92 Å². The fourth-order valence-corrected chi connectivity index (χ4v) is 2.57. The first-order valence-electron chi connectivity index (χ1n) is 5.90. The van der Waals surface area contributed by atoms with Crippen LogP contribution in [0.15, 0.2) is 54.6 Å². The van der Waals surface area contributed by atoms with Gasteiger partial charge in [-0.2, -0.15) is 8.42 Å². The van der Waals surface area contributed by atoms with Crippen LogP contribution in [0, 0.1) is 10.1 Å². The molecule has 1 unspecified atom stereocenters. The minimum Gasteiger partial charge on any atom is -0.363 e. The smallest absolute Gasteiger partial charge is 0.290 e. The summed E-state index contributed by atoms with van der Waals surface area (Å²) < 4.78 is 32.3. The molecule has 0 aliphatic carbocycles. The van der Waals surface area contributed by atoms with Crippen LogP contribution < -0.4 is 5.32 Å². The van der Waals surface area contributed by atoms with E-state index in [4.69, 9.17) is 0 Å². The highest BCUT2D eigenvalue weighted by Crippen LogP contribution is 2.25. The van der Waals surface area contributed by atoms with Gasteiger partial charge in [0.2, 0.25) is 0 Å². The van der Waals surface area contributed by atoms with E-state index in [2.05, 4.69) is 5.32 Å². The first-order valence-corrected chi connectivity index (χ1v) is 7.40. The molecule has 8 heteroatoms. The van der Waals surface area contributed by atoms with Crippen LogP contribution in [0.2, 0.25) is 0 Å². The van der Waals surface area contributed by atoms with Crippen LogP contribution >= 0.6 is 0 Å². The minimum atomic E-state index is -4.39. The van der Waals surface area contributed by atoms with Crippen molar-refractivity contribution in [1.82, 2.24) is 0 Å². The lowest BCUT2D eigenvalue weighted by Gasteiger charge is -2.17. The first-order chi connectivity index (χ1) is 9.88. The number of benzene rings is 2. The van der Waals surface area contributed by atoms with Crippen LogP contribution in [0.3, 0.4) is 0 Å². The Balaban J connectivity index is 2.30. The molecule has 110 valence electrons. The zero-order valence-electron chi connectivity index (χ0n) is 10.7. The standard InChI is InChI=1S/C13H12N2O5S/c16-15(17)12-8-6-11(7-9-12)14-13(21(18,19)20)10-4-2-1-3-5-10/h1-9,13-14H,(H,18,19,20). The monoisotopic (exact) mass is 308 g/mol. The summed E-state index contributed by atoms with van der Waals surface area (Å²) in [7, 11) is -4.39. The number of non-ortho nitro benzene ring substituents is 1. The zero-order chi connectivity index (χ0) is 15.5. The molecule has 0 heterocycles. The molecule has 0 fully saturated rings. The molecule has 2 rings (SSSR count). The number of nitro groups is 1. The van der Waals surface area contributed by atoms with E-state index in [1.807, 2.05) is 0 Å². The third-order valence-electron chi connectivity index (χ3n) is 2.78. The van der Waals surface area contributed by atoms with Crippen LogP contribution in [0.4, 0.5) is 11.4 Å². The van der Waals surface area contributed by atoms with E-state index < -0.39 is 20.4 Å². The Morgan fingerprint density at radius 2 is 1.62 bits per heavy atom. The second-order valence-corrected chi connectivity index (χ2v) is 5.76. The summed E-state index contributed by atoms with van der Waals surface area (Å²) in [5.41, 5.74) is 0.592. The van der Waals surface area contributed by atoms with Crippen LogP contribution in [0.5, 0.6) is 0 Å². The molecule has 0 amide bonds. The van der Waals surface area contributed by atoms with Crippen molar-refractivity contribution in [3.8, 4) is 0 Å². The molecule has 0 spiro atoms. The fourth-order valence-electron chi connectivity index (χ4n) is 1.79. The fraction of sp³-hybridized carbons (Fsp3) is 0.0769. The Labute approximate surface area is 121 Å². The molecular formula is C13H12N2O5S. The van der Waals surface area contributed by atoms with Crippen molar-refractivity contribution in [1.29, 1.82) is 0 Å². The first kappa shape index (κ1) is 14.9. The molecule has 7 nitrogen and oxygen atoms in total. The van der Waals surface area contributed by atoms with E-state index >= 15 is 0 Å². The topological polar surface area (TPSA) is 110 Å².